The summed E-state index contributed by atoms with van der Waals surface area (Å²) in [7, 11) is 0. The summed E-state index contributed by atoms with van der Waals surface area (Å²) in [6.07, 6.45) is -2.45. The molecule has 0 atom stereocenters. The van der Waals surface area contributed by atoms with Crippen molar-refractivity contribution in [3.8, 4) is 6.07 Å². The van der Waals surface area contributed by atoms with E-state index in [1.54, 1.807) is 12.1 Å². The lowest BCUT2D eigenvalue weighted by Crippen LogP contribution is -2.13. The van der Waals surface area contributed by atoms with Crippen LogP contribution in [0, 0.1) is 11.3 Å². The van der Waals surface area contributed by atoms with Gasteiger partial charge in [-0.25, -0.2) is 8.78 Å². The third kappa shape index (κ3) is 4.98. The molecule has 0 aliphatic carbocycles. The van der Waals surface area contributed by atoms with Crippen molar-refractivity contribution in [1.82, 2.24) is 0 Å². The molecule has 0 radical (unpaired) electrons. The van der Waals surface area contributed by atoms with Gasteiger partial charge >= 0.3 is 0 Å². The smallest absolute Gasteiger partial charge is 0.261 e. The zero-order chi connectivity index (χ0) is 12.7. The fourth-order valence-corrected chi connectivity index (χ4v) is 1.41. The largest absolute Gasteiger partial charge is 0.382 e. The van der Waals surface area contributed by atoms with Gasteiger partial charge in [-0.15, -0.1) is 0 Å². The van der Waals surface area contributed by atoms with Gasteiger partial charge in [0.1, 0.15) is 6.61 Å². The number of rotatable bonds is 6. The van der Waals surface area contributed by atoms with E-state index in [1.165, 1.54) is 6.07 Å². The topological polar surface area (TPSA) is 45.0 Å². The first-order valence-electron chi connectivity index (χ1n) is 4.93. The number of benzene rings is 1. The number of nitriles is 1. The van der Waals surface area contributed by atoms with Gasteiger partial charge in [0.25, 0.3) is 6.43 Å². The molecule has 0 saturated carbocycles. The van der Waals surface area contributed by atoms with E-state index in [2.05, 4.69) is 5.32 Å². The van der Waals surface area contributed by atoms with Crippen LogP contribution in [0.5, 0.6) is 0 Å². The van der Waals surface area contributed by atoms with Gasteiger partial charge in [0.2, 0.25) is 0 Å². The standard InChI is InChI=1S/C11H11ClF2N2O/c12-9-5-8(6-15)1-2-10(9)16-3-4-17-7-11(13)14/h1-2,5,11,16H,3-4,7H2. The van der Waals surface area contributed by atoms with Crippen LogP contribution in [0.4, 0.5) is 14.5 Å². The highest BCUT2D eigenvalue weighted by Gasteiger charge is 2.03. The van der Waals surface area contributed by atoms with E-state index in [0.29, 0.717) is 22.8 Å². The number of alkyl halides is 2. The number of nitrogens with zero attached hydrogens (tertiary/aromatic N) is 1. The predicted molar refractivity (Wildman–Crippen MR) is 61.5 cm³/mol. The van der Waals surface area contributed by atoms with Crippen molar-refractivity contribution >= 4 is 17.3 Å². The minimum atomic E-state index is -2.45. The van der Waals surface area contributed by atoms with Crippen LogP contribution in [0.25, 0.3) is 0 Å². The molecule has 0 spiro atoms. The molecule has 0 fully saturated rings. The van der Waals surface area contributed by atoms with Crippen molar-refractivity contribution in [2.75, 3.05) is 25.1 Å². The molecule has 0 bridgehead atoms. The molecule has 6 heteroatoms. The highest BCUT2D eigenvalue weighted by molar-refractivity contribution is 6.33. The number of nitrogens with one attached hydrogen (secondary N) is 1. The first kappa shape index (κ1) is 13.7. The Kier molecular flexibility index (Phi) is 5.67. The Morgan fingerprint density at radius 2 is 2.24 bits per heavy atom. The minimum Gasteiger partial charge on any atom is -0.382 e. The Hall–Kier alpha value is -1.38. The van der Waals surface area contributed by atoms with E-state index in [-0.39, 0.29) is 6.61 Å². The Balaban J connectivity index is 2.35. The second-order valence-electron chi connectivity index (χ2n) is 3.20. The lowest BCUT2D eigenvalue weighted by molar-refractivity contribution is 0.0215. The fraction of sp³-hybridized carbons (Fsp3) is 0.364. The lowest BCUT2D eigenvalue weighted by Gasteiger charge is -2.08. The van der Waals surface area contributed by atoms with Crippen LogP contribution in [0.2, 0.25) is 5.02 Å². The van der Waals surface area contributed by atoms with Crippen LogP contribution in [-0.2, 0) is 4.74 Å². The van der Waals surface area contributed by atoms with Crippen molar-refractivity contribution in [2.24, 2.45) is 0 Å². The zero-order valence-electron chi connectivity index (χ0n) is 8.92. The maximum absolute atomic E-state index is 11.7. The second kappa shape index (κ2) is 7.05. The number of hydrogen-bond donors (Lipinski definition) is 1. The summed E-state index contributed by atoms with van der Waals surface area (Å²) >= 11 is 5.90. The summed E-state index contributed by atoms with van der Waals surface area (Å²) in [5.41, 5.74) is 1.11. The molecule has 1 rings (SSSR count). The van der Waals surface area contributed by atoms with Gasteiger partial charge in [-0.2, -0.15) is 5.26 Å². The van der Waals surface area contributed by atoms with Gasteiger partial charge in [0.05, 0.1) is 28.9 Å². The summed E-state index contributed by atoms with van der Waals surface area (Å²) < 4.78 is 28.2. The lowest BCUT2D eigenvalue weighted by atomic mass is 10.2. The molecule has 0 amide bonds. The van der Waals surface area contributed by atoms with E-state index in [4.69, 9.17) is 21.6 Å². The molecule has 0 aliphatic rings. The number of halogens is 3. The van der Waals surface area contributed by atoms with Crippen molar-refractivity contribution in [1.29, 1.82) is 5.26 Å². The van der Waals surface area contributed by atoms with Gasteiger partial charge in [-0.3, -0.25) is 0 Å². The highest BCUT2D eigenvalue weighted by atomic mass is 35.5. The van der Waals surface area contributed by atoms with Crippen molar-refractivity contribution < 1.29 is 13.5 Å². The number of anilines is 1. The quantitative estimate of drug-likeness (QED) is 0.800. The maximum atomic E-state index is 11.7. The molecule has 1 aromatic rings. The molecule has 17 heavy (non-hydrogen) atoms. The molecule has 0 aromatic heterocycles. The van der Waals surface area contributed by atoms with Gasteiger partial charge < -0.3 is 10.1 Å². The third-order valence-corrected chi connectivity index (χ3v) is 2.22. The predicted octanol–water partition coefficient (Wildman–Crippen LogP) is 2.91. The SMILES string of the molecule is N#Cc1ccc(NCCOCC(F)F)c(Cl)c1. The molecule has 0 unspecified atom stereocenters. The van der Waals surface area contributed by atoms with Crippen LogP contribution in [-0.4, -0.2) is 26.2 Å². The Morgan fingerprint density at radius 1 is 1.47 bits per heavy atom. The Morgan fingerprint density at radius 3 is 2.82 bits per heavy atom. The molecular weight excluding hydrogens is 250 g/mol. The van der Waals surface area contributed by atoms with Crippen molar-refractivity contribution in [3.63, 3.8) is 0 Å². The van der Waals surface area contributed by atoms with E-state index in [9.17, 15) is 8.78 Å². The first-order valence-corrected chi connectivity index (χ1v) is 5.30. The first-order chi connectivity index (χ1) is 8.13. The average Bonchev–Trinajstić information content (AvgIpc) is 2.30. The number of hydrogen-bond acceptors (Lipinski definition) is 3. The zero-order valence-corrected chi connectivity index (χ0v) is 9.68. The molecule has 3 nitrogen and oxygen atoms in total. The average molecular weight is 261 g/mol. The van der Waals surface area contributed by atoms with Crippen LogP contribution in [0.3, 0.4) is 0 Å². The second-order valence-corrected chi connectivity index (χ2v) is 3.61. The highest BCUT2D eigenvalue weighted by Crippen LogP contribution is 2.22. The molecule has 1 N–H and O–H groups in total. The molecule has 1 aromatic carbocycles. The minimum absolute atomic E-state index is 0.167. The van der Waals surface area contributed by atoms with Crippen LogP contribution in [0.1, 0.15) is 5.56 Å². The summed E-state index contributed by atoms with van der Waals surface area (Å²) in [6.45, 7) is -0.0260. The molecular formula is C11H11ClF2N2O. The fourth-order valence-electron chi connectivity index (χ4n) is 1.16. The molecule has 0 saturated heterocycles. The Labute approximate surface area is 103 Å². The summed E-state index contributed by atoms with van der Waals surface area (Å²) in [4.78, 5) is 0. The molecule has 92 valence electrons. The Bertz CT molecular complexity index is 407. The van der Waals surface area contributed by atoms with Crippen LogP contribution >= 0.6 is 11.6 Å². The monoisotopic (exact) mass is 260 g/mol. The van der Waals surface area contributed by atoms with E-state index in [1.807, 2.05) is 6.07 Å². The summed E-state index contributed by atoms with van der Waals surface area (Å²) in [6, 6.07) is 6.78. The van der Waals surface area contributed by atoms with E-state index in [0.717, 1.165) is 0 Å². The van der Waals surface area contributed by atoms with E-state index >= 15 is 0 Å². The normalized spacial score (nSPS) is 10.3. The third-order valence-electron chi connectivity index (χ3n) is 1.90. The van der Waals surface area contributed by atoms with E-state index < -0.39 is 13.0 Å². The summed E-state index contributed by atoms with van der Waals surface area (Å²) in [5.74, 6) is 0. The van der Waals surface area contributed by atoms with Crippen molar-refractivity contribution in [3.05, 3.63) is 28.8 Å². The number of ether oxygens (including phenoxy) is 1. The van der Waals surface area contributed by atoms with Crippen LogP contribution in [0.15, 0.2) is 18.2 Å². The summed E-state index contributed by atoms with van der Waals surface area (Å²) in [5, 5.41) is 12.0. The van der Waals surface area contributed by atoms with Gasteiger partial charge in [-0.05, 0) is 18.2 Å². The van der Waals surface area contributed by atoms with Crippen molar-refractivity contribution in [2.45, 2.75) is 6.43 Å². The van der Waals surface area contributed by atoms with Gasteiger partial charge in [0, 0.05) is 6.54 Å². The maximum Gasteiger partial charge on any atom is 0.261 e. The van der Waals surface area contributed by atoms with Crippen LogP contribution < -0.4 is 5.32 Å². The van der Waals surface area contributed by atoms with Gasteiger partial charge in [-0.1, -0.05) is 11.6 Å². The molecule has 0 heterocycles. The molecule has 0 aliphatic heterocycles. The van der Waals surface area contributed by atoms with Gasteiger partial charge in [0.15, 0.2) is 0 Å².